The Morgan fingerprint density at radius 2 is 1.53 bits per heavy atom. The summed E-state index contributed by atoms with van der Waals surface area (Å²) in [6.45, 7) is 6.07. The van der Waals surface area contributed by atoms with Gasteiger partial charge in [0.25, 0.3) is 5.91 Å². The molecule has 13 heteroatoms. The van der Waals surface area contributed by atoms with E-state index in [0.717, 1.165) is 12.8 Å². The Morgan fingerprint density at radius 3 is 2.16 bits per heavy atom. The van der Waals surface area contributed by atoms with Crippen LogP contribution in [0.5, 0.6) is 5.75 Å². The molecule has 0 unspecified atom stereocenters. The number of hydrogen-bond donors (Lipinski definition) is 4. The van der Waals surface area contributed by atoms with Crippen molar-refractivity contribution in [1.29, 1.82) is 0 Å². The molecule has 3 aromatic rings. The SMILES string of the molecule is C[C@@H]1CCCCO[C@@H](CN(C)C(=O)Nc2ccc(F)cc2)[C@@H](C)CN([C@H](C)CO)C(=O)c2cc(NC(=O)Nc3ccc(F)cc3)ccc2O1. The molecule has 0 radical (unpaired) electrons. The summed E-state index contributed by atoms with van der Waals surface area (Å²) in [6.07, 6.45) is 1.52. The smallest absolute Gasteiger partial charge is 0.323 e. The average molecular weight is 682 g/mol. The van der Waals surface area contributed by atoms with Crippen LogP contribution in [0.1, 0.15) is 50.4 Å². The quantitative estimate of drug-likeness (QED) is 0.223. The molecule has 5 amide bonds. The van der Waals surface area contributed by atoms with Crippen molar-refractivity contribution in [2.24, 2.45) is 5.92 Å². The number of aliphatic hydroxyl groups is 1. The summed E-state index contributed by atoms with van der Waals surface area (Å²) in [5.41, 5.74) is 1.36. The van der Waals surface area contributed by atoms with Crippen molar-refractivity contribution in [3.8, 4) is 5.75 Å². The molecule has 1 heterocycles. The third-order valence-electron chi connectivity index (χ3n) is 8.31. The zero-order chi connectivity index (χ0) is 35.5. The van der Waals surface area contributed by atoms with Crippen molar-refractivity contribution >= 4 is 35.0 Å². The molecule has 4 N–H and O–H groups in total. The fourth-order valence-electron chi connectivity index (χ4n) is 5.39. The molecule has 4 atom stereocenters. The molecule has 0 aliphatic carbocycles. The lowest BCUT2D eigenvalue weighted by molar-refractivity contribution is -0.0115. The number of aliphatic hydroxyl groups excluding tert-OH is 1. The second-order valence-corrected chi connectivity index (χ2v) is 12.4. The molecular formula is C36H45F2N5O6. The Morgan fingerprint density at radius 1 is 0.939 bits per heavy atom. The van der Waals surface area contributed by atoms with Gasteiger partial charge in [0.05, 0.1) is 30.4 Å². The summed E-state index contributed by atoms with van der Waals surface area (Å²) in [6, 6.07) is 14.0. The van der Waals surface area contributed by atoms with Gasteiger partial charge in [-0.25, -0.2) is 18.4 Å². The van der Waals surface area contributed by atoms with Crippen molar-refractivity contribution in [3.05, 3.63) is 83.9 Å². The van der Waals surface area contributed by atoms with E-state index in [9.17, 15) is 28.3 Å². The molecule has 0 spiro atoms. The topological polar surface area (TPSA) is 132 Å². The zero-order valence-corrected chi connectivity index (χ0v) is 28.2. The van der Waals surface area contributed by atoms with Gasteiger partial charge in [0.2, 0.25) is 0 Å². The van der Waals surface area contributed by atoms with E-state index in [2.05, 4.69) is 16.0 Å². The van der Waals surface area contributed by atoms with E-state index in [1.807, 2.05) is 13.8 Å². The number of nitrogens with zero attached hydrogens (tertiary/aromatic N) is 2. The molecule has 1 aliphatic rings. The molecule has 1 aliphatic heterocycles. The first kappa shape index (κ1) is 37.1. The van der Waals surface area contributed by atoms with Gasteiger partial charge in [0.15, 0.2) is 0 Å². The number of halogens is 2. The molecule has 3 aromatic carbocycles. The first-order chi connectivity index (χ1) is 23.4. The van der Waals surface area contributed by atoms with Crippen LogP contribution in [-0.2, 0) is 4.74 Å². The van der Waals surface area contributed by atoms with Crippen molar-refractivity contribution in [2.75, 3.05) is 49.3 Å². The minimum atomic E-state index is -0.591. The number of carbonyl (C=O) groups excluding carboxylic acids is 3. The van der Waals surface area contributed by atoms with Crippen molar-refractivity contribution in [1.82, 2.24) is 9.80 Å². The fourth-order valence-corrected chi connectivity index (χ4v) is 5.39. The van der Waals surface area contributed by atoms with Crippen LogP contribution in [-0.4, -0.2) is 84.5 Å². The van der Waals surface area contributed by atoms with E-state index in [1.165, 1.54) is 59.5 Å². The van der Waals surface area contributed by atoms with Gasteiger partial charge in [-0.05, 0) is 99.8 Å². The first-order valence-corrected chi connectivity index (χ1v) is 16.4. The third-order valence-corrected chi connectivity index (χ3v) is 8.31. The average Bonchev–Trinajstić information content (AvgIpc) is 3.07. The van der Waals surface area contributed by atoms with Gasteiger partial charge in [0.1, 0.15) is 17.4 Å². The number of rotatable bonds is 7. The fraction of sp³-hybridized carbons (Fsp3) is 0.417. The zero-order valence-electron chi connectivity index (χ0n) is 28.2. The van der Waals surface area contributed by atoms with E-state index in [4.69, 9.17) is 9.47 Å². The van der Waals surface area contributed by atoms with Crippen LogP contribution >= 0.6 is 0 Å². The summed E-state index contributed by atoms with van der Waals surface area (Å²) in [4.78, 5) is 43.1. The third kappa shape index (κ3) is 10.9. The molecule has 264 valence electrons. The van der Waals surface area contributed by atoms with Crippen molar-refractivity contribution < 1.29 is 37.7 Å². The van der Waals surface area contributed by atoms with Gasteiger partial charge in [0, 0.05) is 49.7 Å². The van der Waals surface area contributed by atoms with Crippen LogP contribution in [0.2, 0.25) is 0 Å². The van der Waals surface area contributed by atoms with Crippen LogP contribution in [0, 0.1) is 17.6 Å². The minimum Gasteiger partial charge on any atom is -0.490 e. The van der Waals surface area contributed by atoms with Gasteiger partial charge in [-0.1, -0.05) is 6.92 Å². The maximum atomic E-state index is 14.3. The van der Waals surface area contributed by atoms with Crippen LogP contribution in [0.4, 0.5) is 35.4 Å². The Bertz CT molecular complexity index is 1560. The Kier molecular flexibility index (Phi) is 13.3. The van der Waals surface area contributed by atoms with Crippen molar-refractivity contribution in [3.63, 3.8) is 0 Å². The highest BCUT2D eigenvalue weighted by Crippen LogP contribution is 2.29. The summed E-state index contributed by atoms with van der Waals surface area (Å²) in [5, 5.41) is 18.3. The summed E-state index contributed by atoms with van der Waals surface area (Å²) < 4.78 is 39.2. The number of hydrogen-bond acceptors (Lipinski definition) is 6. The molecule has 11 nitrogen and oxygen atoms in total. The molecule has 0 bridgehead atoms. The van der Waals surface area contributed by atoms with Gasteiger partial charge in [-0.2, -0.15) is 0 Å². The molecule has 0 saturated heterocycles. The van der Waals surface area contributed by atoms with E-state index < -0.39 is 41.7 Å². The predicted octanol–water partition coefficient (Wildman–Crippen LogP) is 6.57. The van der Waals surface area contributed by atoms with Crippen molar-refractivity contribution in [2.45, 2.75) is 58.3 Å². The summed E-state index contributed by atoms with van der Waals surface area (Å²) in [5.74, 6) is -1.21. The number of likely N-dealkylation sites (N-methyl/N-ethyl adjacent to an activating group) is 1. The predicted molar refractivity (Wildman–Crippen MR) is 184 cm³/mol. The lowest BCUT2D eigenvalue weighted by Crippen LogP contribution is -2.48. The summed E-state index contributed by atoms with van der Waals surface area (Å²) in [7, 11) is 1.63. The van der Waals surface area contributed by atoms with Gasteiger partial charge in [-0.15, -0.1) is 0 Å². The molecule has 0 saturated carbocycles. The monoisotopic (exact) mass is 681 g/mol. The Labute approximate surface area is 285 Å². The minimum absolute atomic E-state index is 0.177. The highest BCUT2D eigenvalue weighted by Gasteiger charge is 2.31. The Hall–Kier alpha value is -4.75. The molecule has 4 rings (SSSR count). The maximum Gasteiger partial charge on any atom is 0.323 e. The number of fused-ring (bicyclic) bond motifs is 1. The highest BCUT2D eigenvalue weighted by molar-refractivity contribution is 6.02. The summed E-state index contributed by atoms with van der Waals surface area (Å²) >= 11 is 0. The standard InChI is InChI=1S/C36H45F2N5O6/c1-23-20-43(24(2)22-44)34(45)31-19-30(40-35(46)39-28-12-8-26(37)9-13-28)16-17-32(31)49-25(3)7-5-6-18-48-33(23)21-42(4)36(47)41-29-14-10-27(38)11-15-29/h8-17,19,23-25,33,44H,5-7,18,20-22H2,1-4H3,(H,41,47)(H2,39,40,46)/t23-,24+,25+,33-/m0/s1. The van der Waals surface area contributed by atoms with Crippen LogP contribution < -0.4 is 20.7 Å². The van der Waals surface area contributed by atoms with E-state index in [0.29, 0.717) is 35.8 Å². The number of amides is 5. The second-order valence-electron chi connectivity index (χ2n) is 12.4. The maximum absolute atomic E-state index is 14.3. The van der Waals surface area contributed by atoms with Crippen LogP contribution in [0.3, 0.4) is 0 Å². The lowest BCUT2D eigenvalue weighted by atomic mass is 10.0. The number of nitrogens with one attached hydrogen (secondary N) is 3. The highest BCUT2D eigenvalue weighted by atomic mass is 19.1. The molecule has 0 fully saturated rings. The normalized spacial score (nSPS) is 19.4. The van der Waals surface area contributed by atoms with Crippen LogP contribution in [0.25, 0.3) is 0 Å². The van der Waals surface area contributed by atoms with Gasteiger partial charge in [-0.3, -0.25) is 4.79 Å². The largest absolute Gasteiger partial charge is 0.490 e. The number of ether oxygens (including phenoxy) is 2. The van der Waals surface area contributed by atoms with E-state index in [-0.39, 0.29) is 37.3 Å². The number of carbonyl (C=O) groups is 3. The lowest BCUT2D eigenvalue weighted by Gasteiger charge is -2.35. The number of urea groups is 2. The molecule has 0 aromatic heterocycles. The first-order valence-electron chi connectivity index (χ1n) is 16.4. The second kappa shape index (κ2) is 17.6. The van der Waals surface area contributed by atoms with E-state index >= 15 is 0 Å². The number of anilines is 3. The molecule has 49 heavy (non-hydrogen) atoms. The van der Waals surface area contributed by atoms with Gasteiger partial charge >= 0.3 is 12.1 Å². The Balaban J connectivity index is 1.57. The number of benzene rings is 3. The van der Waals surface area contributed by atoms with E-state index in [1.54, 1.807) is 31.0 Å². The molecular weight excluding hydrogens is 636 g/mol. The van der Waals surface area contributed by atoms with Crippen LogP contribution in [0.15, 0.2) is 66.7 Å². The van der Waals surface area contributed by atoms with Gasteiger partial charge < -0.3 is 40.3 Å².